The van der Waals surface area contributed by atoms with Gasteiger partial charge < -0.3 is 15.8 Å². The van der Waals surface area contributed by atoms with Crippen molar-refractivity contribution in [3.05, 3.63) is 24.0 Å². The molecule has 1 aromatic rings. The first-order chi connectivity index (χ1) is 7.22. The monoisotopic (exact) mass is 206 g/mol. The van der Waals surface area contributed by atoms with Gasteiger partial charge in [0.1, 0.15) is 18.4 Å². The summed E-state index contributed by atoms with van der Waals surface area (Å²) in [6.07, 6.45) is 0.734. The van der Waals surface area contributed by atoms with Gasteiger partial charge >= 0.3 is 6.09 Å². The van der Waals surface area contributed by atoms with Crippen molar-refractivity contribution in [2.24, 2.45) is 5.73 Å². The second-order valence-electron chi connectivity index (χ2n) is 2.64. The molecule has 6 nitrogen and oxygen atoms in total. The Labute approximate surface area is 86.7 Å². The summed E-state index contributed by atoms with van der Waals surface area (Å²) in [6.45, 7) is 0.631. The van der Waals surface area contributed by atoms with Crippen LogP contribution in [0, 0.1) is 11.3 Å². The fourth-order valence-corrected chi connectivity index (χ4v) is 0.912. The Morgan fingerprint density at radius 2 is 2.47 bits per heavy atom. The van der Waals surface area contributed by atoms with Gasteiger partial charge in [-0.05, 0) is 12.1 Å². The van der Waals surface area contributed by atoms with Crippen LogP contribution >= 0.6 is 0 Å². The van der Waals surface area contributed by atoms with Crippen LogP contribution in [-0.4, -0.2) is 24.2 Å². The molecule has 3 N–H and O–H groups in total. The summed E-state index contributed by atoms with van der Waals surface area (Å²) < 4.78 is 4.51. The number of hydrogen-bond acceptors (Lipinski definition) is 5. The molecule has 0 fully saturated rings. The van der Waals surface area contributed by atoms with Crippen molar-refractivity contribution in [3.63, 3.8) is 0 Å². The highest BCUT2D eigenvalue weighted by Gasteiger charge is 1.95. The van der Waals surface area contributed by atoms with Gasteiger partial charge in [-0.15, -0.1) is 0 Å². The Balaban J connectivity index is 2.32. The number of carbonyl (C=O) groups excluding carboxylic acids is 1. The third kappa shape index (κ3) is 3.95. The van der Waals surface area contributed by atoms with Crippen LogP contribution in [-0.2, 0) is 4.74 Å². The van der Waals surface area contributed by atoms with Crippen molar-refractivity contribution in [2.45, 2.75) is 0 Å². The second-order valence-corrected chi connectivity index (χ2v) is 2.64. The lowest BCUT2D eigenvalue weighted by molar-refractivity contribution is 0.161. The van der Waals surface area contributed by atoms with Crippen molar-refractivity contribution < 1.29 is 9.53 Å². The highest BCUT2D eigenvalue weighted by Crippen LogP contribution is 2.04. The van der Waals surface area contributed by atoms with Crippen LogP contribution in [0.25, 0.3) is 0 Å². The average Bonchev–Trinajstić information content (AvgIpc) is 2.25. The van der Waals surface area contributed by atoms with E-state index in [1.165, 1.54) is 6.20 Å². The first-order valence-electron chi connectivity index (χ1n) is 4.24. The number of rotatable bonds is 4. The zero-order valence-electron chi connectivity index (χ0n) is 7.93. The molecule has 0 aliphatic heterocycles. The SMILES string of the molecule is N#Cc1ccc(NCCOC(N)=O)cn1. The Morgan fingerprint density at radius 1 is 1.67 bits per heavy atom. The zero-order chi connectivity index (χ0) is 11.1. The Hall–Kier alpha value is -2.29. The molecule has 0 spiro atoms. The lowest BCUT2D eigenvalue weighted by Gasteiger charge is -2.05. The molecule has 0 aliphatic carbocycles. The summed E-state index contributed by atoms with van der Waals surface area (Å²) in [5, 5.41) is 11.4. The standard InChI is InChI=1S/C9H10N4O2/c10-5-7-1-2-8(6-13-7)12-3-4-15-9(11)14/h1-2,6,12H,3-4H2,(H2,11,14). The van der Waals surface area contributed by atoms with E-state index in [0.717, 1.165) is 5.69 Å². The third-order valence-corrected chi connectivity index (χ3v) is 1.55. The largest absolute Gasteiger partial charge is 0.448 e. The summed E-state index contributed by atoms with van der Waals surface area (Å²) in [5.74, 6) is 0. The topological polar surface area (TPSA) is 101 Å². The van der Waals surface area contributed by atoms with Crippen molar-refractivity contribution in [2.75, 3.05) is 18.5 Å². The number of hydrogen-bond donors (Lipinski definition) is 2. The molecule has 78 valence electrons. The summed E-state index contributed by atoms with van der Waals surface area (Å²) in [6, 6.07) is 5.22. The van der Waals surface area contributed by atoms with Crippen LogP contribution in [0.15, 0.2) is 18.3 Å². The van der Waals surface area contributed by atoms with E-state index >= 15 is 0 Å². The first kappa shape index (κ1) is 10.8. The molecule has 0 aliphatic rings. The molecule has 1 rings (SSSR count). The predicted molar refractivity (Wildman–Crippen MR) is 53.0 cm³/mol. The molecule has 0 atom stereocenters. The van der Waals surface area contributed by atoms with E-state index in [4.69, 9.17) is 11.0 Å². The van der Waals surface area contributed by atoms with E-state index in [2.05, 4.69) is 15.0 Å². The van der Waals surface area contributed by atoms with E-state index in [1.807, 2.05) is 6.07 Å². The first-order valence-corrected chi connectivity index (χ1v) is 4.24. The van der Waals surface area contributed by atoms with Crippen LogP contribution < -0.4 is 11.1 Å². The van der Waals surface area contributed by atoms with E-state index < -0.39 is 6.09 Å². The fraction of sp³-hybridized carbons (Fsp3) is 0.222. The highest BCUT2D eigenvalue weighted by atomic mass is 16.5. The van der Waals surface area contributed by atoms with Gasteiger partial charge in [-0.25, -0.2) is 9.78 Å². The molecule has 1 aromatic heterocycles. The number of nitriles is 1. The molecule has 0 radical (unpaired) electrons. The molecular weight excluding hydrogens is 196 g/mol. The Morgan fingerprint density at radius 3 is 3.00 bits per heavy atom. The summed E-state index contributed by atoms with van der Waals surface area (Å²) in [4.78, 5) is 14.1. The van der Waals surface area contributed by atoms with Crippen LogP contribution in [0.2, 0.25) is 0 Å². The summed E-state index contributed by atoms with van der Waals surface area (Å²) >= 11 is 0. The number of amides is 1. The quantitative estimate of drug-likeness (QED) is 0.697. The number of nitrogens with two attached hydrogens (primary N) is 1. The molecule has 1 heterocycles. The molecule has 0 saturated carbocycles. The van der Waals surface area contributed by atoms with E-state index in [9.17, 15) is 4.79 Å². The van der Waals surface area contributed by atoms with E-state index in [-0.39, 0.29) is 6.61 Å². The minimum absolute atomic E-state index is 0.190. The van der Waals surface area contributed by atoms with E-state index in [1.54, 1.807) is 12.1 Å². The highest BCUT2D eigenvalue weighted by molar-refractivity contribution is 5.64. The number of aromatic nitrogens is 1. The van der Waals surface area contributed by atoms with Gasteiger partial charge in [0.05, 0.1) is 11.9 Å². The van der Waals surface area contributed by atoms with Gasteiger partial charge in [-0.2, -0.15) is 5.26 Å². The summed E-state index contributed by atoms with van der Waals surface area (Å²) in [5.41, 5.74) is 5.88. The average molecular weight is 206 g/mol. The second kappa shape index (κ2) is 5.44. The fourth-order valence-electron chi connectivity index (χ4n) is 0.912. The van der Waals surface area contributed by atoms with Gasteiger partial charge in [-0.1, -0.05) is 0 Å². The minimum Gasteiger partial charge on any atom is -0.448 e. The van der Waals surface area contributed by atoms with Crippen molar-refractivity contribution in [1.29, 1.82) is 5.26 Å². The smallest absolute Gasteiger partial charge is 0.404 e. The number of nitrogens with zero attached hydrogens (tertiary/aromatic N) is 2. The van der Waals surface area contributed by atoms with Gasteiger partial charge in [-0.3, -0.25) is 0 Å². The Bertz CT molecular complexity index is 369. The zero-order valence-corrected chi connectivity index (χ0v) is 7.93. The number of primary amides is 1. The Kier molecular flexibility index (Phi) is 3.91. The maximum atomic E-state index is 10.2. The van der Waals surface area contributed by atoms with Crippen LogP contribution in [0.4, 0.5) is 10.5 Å². The normalized spacial score (nSPS) is 9.00. The lowest BCUT2D eigenvalue weighted by Crippen LogP contribution is -2.18. The molecular formula is C9H10N4O2. The van der Waals surface area contributed by atoms with Gasteiger partial charge in [0.25, 0.3) is 0 Å². The van der Waals surface area contributed by atoms with Crippen LogP contribution in [0.1, 0.15) is 5.69 Å². The number of anilines is 1. The number of nitrogens with one attached hydrogen (secondary N) is 1. The number of ether oxygens (including phenoxy) is 1. The molecule has 1 amide bonds. The molecule has 15 heavy (non-hydrogen) atoms. The van der Waals surface area contributed by atoms with Crippen LogP contribution in [0.3, 0.4) is 0 Å². The van der Waals surface area contributed by atoms with Gasteiger partial charge in [0, 0.05) is 6.54 Å². The number of carbonyl (C=O) groups is 1. The minimum atomic E-state index is -0.797. The van der Waals surface area contributed by atoms with Gasteiger partial charge in [0.2, 0.25) is 0 Å². The van der Waals surface area contributed by atoms with Crippen molar-refractivity contribution in [1.82, 2.24) is 4.98 Å². The maximum Gasteiger partial charge on any atom is 0.404 e. The molecule has 6 heteroatoms. The maximum absolute atomic E-state index is 10.2. The van der Waals surface area contributed by atoms with Crippen molar-refractivity contribution >= 4 is 11.8 Å². The third-order valence-electron chi connectivity index (χ3n) is 1.55. The van der Waals surface area contributed by atoms with Gasteiger partial charge in [0.15, 0.2) is 0 Å². The molecule has 0 saturated heterocycles. The predicted octanol–water partition coefficient (Wildman–Crippen LogP) is 0.460. The lowest BCUT2D eigenvalue weighted by atomic mass is 10.3. The van der Waals surface area contributed by atoms with Crippen LogP contribution in [0.5, 0.6) is 0 Å². The number of pyridine rings is 1. The summed E-state index contributed by atoms with van der Waals surface area (Å²) in [7, 11) is 0. The van der Waals surface area contributed by atoms with Crippen molar-refractivity contribution in [3.8, 4) is 6.07 Å². The molecule has 0 aromatic carbocycles. The molecule has 0 unspecified atom stereocenters. The molecule has 0 bridgehead atoms. The van der Waals surface area contributed by atoms with E-state index in [0.29, 0.717) is 12.2 Å².